The molecular weight excluding hydrogens is 829 g/mol. The first kappa shape index (κ1) is 63.1. The molecule has 0 aliphatic carbocycles. The van der Waals surface area contributed by atoms with E-state index in [1.807, 2.05) is 6.08 Å². The molecule has 0 aliphatic rings. The predicted molar refractivity (Wildman–Crippen MR) is 288 cm³/mol. The van der Waals surface area contributed by atoms with Gasteiger partial charge < -0.3 is 14.2 Å². The van der Waals surface area contributed by atoms with Crippen LogP contribution in [0.2, 0.25) is 0 Å². The van der Waals surface area contributed by atoms with E-state index in [0.717, 1.165) is 103 Å². The molecule has 0 unspecified atom stereocenters. The molecule has 0 fully saturated rings. The minimum absolute atomic E-state index is 0.118. The Labute approximate surface area is 412 Å². The maximum Gasteiger partial charge on any atom is 0.306 e. The molecule has 0 aliphatic heterocycles. The van der Waals surface area contributed by atoms with Gasteiger partial charge in [0.15, 0.2) is 6.10 Å². The van der Waals surface area contributed by atoms with E-state index in [1.165, 1.54) is 89.9 Å². The van der Waals surface area contributed by atoms with Crippen molar-refractivity contribution in [2.45, 2.75) is 245 Å². The van der Waals surface area contributed by atoms with Gasteiger partial charge in [-0.15, -0.1) is 0 Å². The lowest BCUT2D eigenvalue weighted by atomic mass is 10.1. The number of carbonyl (C=O) groups is 3. The molecule has 0 aromatic carbocycles. The van der Waals surface area contributed by atoms with Crippen molar-refractivity contribution in [3.8, 4) is 0 Å². The Kier molecular flexibility index (Phi) is 51.5. The summed E-state index contributed by atoms with van der Waals surface area (Å²) in [6.45, 7) is 6.47. The normalized spacial score (nSPS) is 12.9. The zero-order chi connectivity index (χ0) is 48.6. The lowest BCUT2D eigenvalue weighted by Crippen LogP contribution is -2.30. The summed E-state index contributed by atoms with van der Waals surface area (Å²) in [5, 5.41) is 0. The molecular formula is C61H100O6. The molecule has 0 amide bonds. The number of esters is 3. The highest BCUT2D eigenvalue weighted by atomic mass is 16.6. The maximum atomic E-state index is 12.8. The fourth-order valence-corrected chi connectivity index (χ4v) is 7.07. The third kappa shape index (κ3) is 52.9. The summed E-state index contributed by atoms with van der Waals surface area (Å²) in [4.78, 5) is 38.0. The van der Waals surface area contributed by atoms with Crippen LogP contribution in [-0.4, -0.2) is 37.2 Å². The molecule has 0 rings (SSSR count). The first-order valence-electron chi connectivity index (χ1n) is 27.4. The first-order valence-corrected chi connectivity index (χ1v) is 27.4. The van der Waals surface area contributed by atoms with Crippen LogP contribution >= 0.6 is 0 Å². The average molecular weight is 929 g/mol. The quantitative estimate of drug-likeness (QED) is 0.0262. The molecule has 0 saturated heterocycles. The molecule has 6 heteroatoms. The lowest BCUT2D eigenvalue weighted by Gasteiger charge is -2.18. The van der Waals surface area contributed by atoms with E-state index in [1.54, 1.807) is 0 Å². The number of unbranched alkanes of at least 4 members (excludes halogenated alkanes) is 19. The first-order chi connectivity index (χ1) is 33.0. The second-order valence-corrected chi connectivity index (χ2v) is 17.8. The molecule has 0 aromatic heterocycles. The highest BCUT2D eigenvalue weighted by Gasteiger charge is 2.19. The van der Waals surface area contributed by atoms with Gasteiger partial charge in [0.05, 0.1) is 0 Å². The second-order valence-electron chi connectivity index (χ2n) is 17.8. The van der Waals surface area contributed by atoms with Crippen molar-refractivity contribution in [1.82, 2.24) is 0 Å². The molecule has 0 N–H and O–H groups in total. The zero-order valence-corrected chi connectivity index (χ0v) is 43.4. The standard InChI is InChI=1S/C61H100O6/c1-4-7-10-13-16-19-22-25-27-29-30-32-34-37-39-42-45-48-51-54-60(63)66-57-58(67-61(64)55-52-49-46-43-40-35-24-21-18-15-12-9-6-3)56-65-59(62)53-50-47-44-41-38-36-33-31-28-26-23-20-17-14-11-8-5-2/h16-17,19-21,24-28,30,32-33,36-37,39,45,48,58H,4-15,18,22-23,29,31,34-35,38,40-44,46-47,49-57H2,1-3H3/b19-16-,20-17-,24-21-,27-25-,28-26-,32-30-,36-33-,39-37-,48-45-/t58-/m0/s1. The Balaban J connectivity index is 4.55. The third-order valence-corrected chi connectivity index (χ3v) is 11.2. The Hall–Kier alpha value is -3.93. The van der Waals surface area contributed by atoms with Gasteiger partial charge in [0.1, 0.15) is 13.2 Å². The van der Waals surface area contributed by atoms with Crippen LogP contribution in [0.15, 0.2) is 109 Å². The summed E-state index contributed by atoms with van der Waals surface area (Å²) in [5.74, 6) is -1.04. The summed E-state index contributed by atoms with van der Waals surface area (Å²) in [7, 11) is 0. The van der Waals surface area contributed by atoms with Crippen molar-refractivity contribution in [1.29, 1.82) is 0 Å². The van der Waals surface area contributed by atoms with Crippen LogP contribution in [-0.2, 0) is 28.6 Å². The Morgan fingerprint density at radius 1 is 0.299 bits per heavy atom. The Morgan fingerprint density at radius 3 is 0.970 bits per heavy atom. The monoisotopic (exact) mass is 929 g/mol. The van der Waals surface area contributed by atoms with Crippen LogP contribution in [0.4, 0.5) is 0 Å². The van der Waals surface area contributed by atoms with E-state index in [-0.39, 0.29) is 37.5 Å². The molecule has 0 aromatic rings. The van der Waals surface area contributed by atoms with E-state index >= 15 is 0 Å². The minimum Gasteiger partial charge on any atom is -0.462 e. The van der Waals surface area contributed by atoms with Crippen LogP contribution in [0.1, 0.15) is 239 Å². The van der Waals surface area contributed by atoms with Gasteiger partial charge in [-0.2, -0.15) is 0 Å². The fourth-order valence-electron chi connectivity index (χ4n) is 7.07. The van der Waals surface area contributed by atoms with Gasteiger partial charge in [-0.05, 0) is 122 Å². The Morgan fingerprint density at radius 2 is 0.567 bits per heavy atom. The zero-order valence-electron chi connectivity index (χ0n) is 43.4. The lowest BCUT2D eigenvalue weighted by molar-refractivity contribution is -0.166. The summed E-state index contributed by atoms with van der Waals surface area (Å²) in [5.41, 5.74) is 0. The van der Waals surface area contributed by atoms with Crippen LogP contribution in [0, 0.1) is 0 Å². The van der Waals surface area contributed by atoms with Crippen LogP contribution < -0.4 is 0 Å². The maximum absolute atomic E-state index is 12.8. The van der Waals surface area contributed by atoms with Crippen molar-refractivity contribution in [2.24, 2.45) is 0 Å². The predicted octanol–water partition coefficient (Wildman–Crippen LogP) is 18.3. The molecule has 67 heavy (non-hydrogen) atoms. The van der Waals surface area contributed by atoms with Gasteiger partial charge >= 0.3 is 17.9 Å². The van der Waals surface area contributed by atoms with E-state index in [0.29, 0.717) is 19.3 Å². The molecule has 0 saturated carbocycles. The number of ether oxygens (including phenoxy) is 3. The highest BCUT2D eigenvalue weighted by Crippen LogP contribution is 2.12. The van der Waals surface area contributed by atoms with E-state index in [2.05, 4.69) is 124 Å². The fraction of sp³-hybridized carbons (Fsp3) is 0.656. The number of hydrogen-bond donors (Lipinski definition) is 0. The molecule has 0 radical (unpaired) electrons. The average Bonchev–Trinajstić information content (AvgIpc) is 3.33. The number of allylic oxidation sites excluding steroid dienone is 18. The Bertz CT molecular complexity index is 1390. The number of hydrogen-bond acceptors (Lipinski definition) is 6. The smallest absolute Gasteiger partial charge is 0.306 e. The molecule has 0 bridgehead atoms. The van der Waals surface area contributed by atoms with Gasteiger partial charge in [-0.1, -0.05) is 207 Å². The van der Waals surface area contributed by atoms with Crippen molar-refractivity contribution >= 4 is 17.9 Å². The molecule has 0 spiro atoms. The SMILES string of the molecule is CCCCC/C=C\C/C=C\C/C=C\C/C=C\C/C=C\CCC(=O)OC[C@H](COC(=O)CCCCCC/C=C\C/C=C\C/C=C\CCCCC)OC(=O)CCCCCCC/C=C\CCCCCC. The van der Waals surface area contributed by atoms with Crippen molar-refractivity contribution in [2.75, 3.05) is 13.2 Å². The van der Waals surface area contributed by atoms with Crippen molar-refractivity contribution < 1.29 is 28.6 Å². The summed E-state index contributed by atoms with van der Waals surface area (Å²) < 4.78 is 16.7. The number of carbonyl (C=O) groups excluding carboxylic acids is 3. The summed E-state index contributed by atoms with van der Waals surface area (Å²) in [6.07, 6.45) is 73.6. The molecule has 1 atom stereocenters. The van der Waals surface area contributed by atoms with E-state index in [4.69, 9.17) is 14.2 Å². The van der Waals surface area contributed by atoms with Crippen LogP contribution in [0.5, 0.6) is 0 Å². The summed E-state index contributed by atoms with van der Waals surface area (Å²) >= 11 is 0. The van der Waals surface area contributed by atoms with Gasteiger partial charge in [0, 0.05) is 19.3 Å². The third-order valence-electron chi connectivity index (χ3n) is 11.2. The van der Waals surface area contributed by atoms with E-state index in [9.17, 15) is 14.4 Å². The minimum atomic E-state index is -0.823. The van der Waals surface area contributed by atoms with Gasteiger partial charge in [-0.25, -0.2) is 0 Å². The van der Waals surface area contributed by atoms with Crippen LogP contribution in [0.3, 0.4) is 0 Å². The second kappa shape index (κ2) is 54.7. The molecule has 6 nitrogen and oxygen atoms in total. The number of rotatable bonds is 48. The van der Waals surface area contributed by atoms with Gasteiger partial charge in [0.2, 0.25) is 0 Å². The summed E-state index contributed by atoms with van der Waals surface area (Å²) in [6, 6.07) is 0. The topological polar surface area (TPSA) is 78.9 Å². The molecule has 0 heterocycles. The van der Waals surface area contributed by atoms with E-state index < -0.39 is 6.10 Å². The molecule has 380 valence electrons. The largest absolute Gasteiger partial charge is 0.462 e. The van der Waals surface area contributed by atoms with Crippen molar-refractivity contribution in [3.05, 3.63) is 109 Å². The van der Waals surface area contributed by atoms with Crippen LogP contribution in [0.25, 0.3) is 0 Å². The van der Waals surface area contributed by atoms with Gasteiger partial charge in [-0.3, -0.25) is 14.4 Å². The van der Waals surface area contributed by atoms with Gasteiger partial charge in [0.25, 0.3) is 0 Å². The highest BCUT2D eigenvalue weighted by molar-refractivity contribution is 5.71. The van der Waals surface area contributed by atoms with Crippen molar-refractivity contribution in [3.63, 3.8) is 0 Å².